The van der Waals surface area contributed by atoms with Crippen LogP contribution in [-0.4, -0.2) is 11.8 Å². The number of hydrogen-bond acceptors (Lipinski definition) is 2. The van der Waals surface area contributed by atoms with E-state index in [-0.39, 0.29) is 11.8 Å². The lowest BCUT2D eigenvalue weighted by Gasteiger charge is -2.23. The van der Waals surface area contributed by atoms with Crippen LogP contribution >= 0.6 is 0 Å². The predicted octanol–water partition coefficient (Wildman–Crippen LogP) is 1.73. The fraction of sp³-hybridized carbons (Fsp3) is 0.889. The lowest BCUT2D eigenvalue weighted by molar-refractivity contribution is -0.122. The van der Waals surface area contributed by atoms with Crippen molar-refractivity contribution >= 4 is 5.78 Å². The number of hydrogen-bond donors (Lipinski definition) is 1. The maximum atomic E-state index is 10.9. The van der Waals surface area contributed by atoms with Gasteiger partial charge in [-0.2, -0.15) is 0 Å². The Morgan fingerprint density at radius 2 is 2.00 bits per heavy atom. The van der Waals surface area contributed by atoms with E-state index >= 15 is 0 Å². The molecular formula is C9H19NO. The van der Waals surface area contributed by atoms with Crippen LogP contribution in [0.5, 0.6) is 0 Å². The van der Waals surface area contributed by atoms with Gasteiger partial charge in [-0.05, 0) is 18.8 Å². The second-order valence-electron chi connectivity index (χ2n) is 2.86. The van der Waals surface area contributed by atoms with Gasteiger partial charge in [0.05, 0.1) is 6.04 Å². The zero-order valence-electron chi connectivity index (χ0n) is 7.76. The van der Waals surface area contributed by atoms with Crippen molar-refractivity contribution in [3.05, 3.63) is 0 Å². The first kappa shape index (κ1) is 10.6. The number of nitrogens with two attached hydrogens (primary N) is 1. The van der Waals surface area contributed by atoms with E-state index in [0.29, 0.717) is 12.3 Å². The topological polar surface area (TPSA) is 43.1 Å². The quantitative estimate of drug-likeness (QED) is 0.582. The van der Waals surface area contributed by atoms with E-state index in [1.54, 1.807) is 0 Å². The van der Waals surface area contributed by atoms with E-state index < -0.39 is 0 Å². The highest BCUT2D eigenvalue weighted by Gasteiger charge is 2.24. The minimum Gasteiger partial charge on any atom is -0.321 e. The molecule has 1 saturated carbocycles. The van der Waals surface area contributed by atoms with Crippen LogP contribution in [0.2, 0.25) is 0 Å². The first-order valence-electron chi connectivity index (χ1n) is 4.50. The van der Waals surface area contributed by atoms with Gasteiger partial charge in [-0.25, -0.2) is 0 Å². The zero-order valence-corrected chi connectivity index (χ0v) is 7.76. The van der Waals surface area contributed by atoms with Crippen molar-refractivity contribution in [1.82, 2.24) is 0 Å². The zero-order chi connectivity index (χ0) is 8.85. The summed E-state index contributed by atoms with van der Waals surface area (Å²) in [4.78, 5) is 10.9. The van der Waals surface area contributed by atoms with E-state index in [2.05, 4.69) is 0 Å². The van der Waals surface area contributed by atoms with Crippen molar-refractivity contribution in [2.24, 2.45) is 11.7 Å². The summed E-state index contributed by atoms with van der Waals surface area (Å²) in [6, 6.07) is -0.168. The second-order valence-corrected chi connectivity index (χ2v) is 2.86. The summed E-state index contributed by atoms with van der Waals surface area (Å²) in [5, 5.41) is 0. The molecule has 0 aromatic heterocycles. The van der Waals surface area contributed by atoms with Crippen LogP contribution in [0.3, 0.4) is 0 Å². The minimum atomic E-state index is -0.168. The predicted molar refractivity (Wildman–Crippen MR) is 47.3 cm³/mol. The molecule has 1 rings (SSSR count). The normalized spacial score (nSPS) is 30.7. The third kappa shape index (κ3) is 3.02. The maximum absolute atomic E-state index is 10.9. The van der Waals surface area contributed by atoms with E-state index in [4.69, 9.17) is 5.73 Å². The lowest BCUT2D eigenvalue weighted by Crippen LogP contribution is -2.39. The van der Waals surface area contributed by atoms with Crippen molar-refractivity contribution < 1.29 is 4.79 Å². The van der Waals surface area contributed by atoms with Gasteiger partial charge in [0.25, 0.3) is 0 Å². The summed E-state index contributed by atoms with van der Waals surface area (Å²) in [6.07, 6.45) is 2.85. The monoisotopic (exact) mass is 157 g/mol. The standard InChI is InChI=1S/C7H13NO.C2H6/c1-5-3-2-4-6(9)7(5)8;1-2/h5,7H,2-4,8H2,1H3;1-2H3. The Labute approximate surface area is 69.2 Å². The largest absolute Gasteiger partial charge is 0.321 e. The molecule has 11 heavy (non-hydrogen) atoms. The highest BCUT2D eigenvalue weighted by molar-refractivity contribution is 5.84. The molecule has 0 aromatic rings. The third-order valence-corrected chi connectivity index (χ3v) is 2.07. The Morgan fingerprint density at radius 1 is 1.45 bits per heavy atom. The van der Waals surface area contributed by atoms with Crippen LogP contribution in [0.4, 0.5) is 0 Å². The summed E-state index contributed by atoms with van der Waals surface area (Å²) >= 11 is 0. The summed E-state index contributed by atoms with van der Waals surface area (Å²) < 4.78 is 0. The molecule has 2 heteroatoms. The van der Waals surface area contributed by atoms with Gasteiger partial charge in [0.1, 0.15) is 5.78 Å². The second kappa shape index (κ2) is 5.30. The van der Waals surface area contributed by atoms with Gasteiger partial charge in [-0.1, -0.05) is 20.8 Å². The van der Waals surface area contributed by atoms with E-state index in [0.717, 1.165) is 12.8 Å². The molecule has 0 radical (unpaired) electrons. The first-order valence-corrected chi connectivity index (χ1v) is 4.50. The van der Waals surface area contributed by atoms with Crippen molar-refractivity contribution in [1.29, 1.82) is 0 Å². The van der Waals surface area contributed by atoms with Crippen molar-refractivity contribution in [3.63, 3.8) is 0 Å². The molecule has 1 aliphatic carbocycles. The average molecular weight is 157 g/mol. The Morgan fingerprint density at radius 3 is 2.36 bits per heavy atom. The SMILES string of the molecule is CC.CC1CCCC(=O)C1N. The van der Waals surface area contributed by atoms with Crippen LogP contribution in [0.15, 0.2) is 0 Å². The molecular weight excluding hydrogens is 138 g/mol. The molecule has 0 aliphatic heterocycles. The Hall–Kier alpha value is -0.370. The minimum absolute atomic E-state index is 0.168. The molecule has 2 unspecified atom stereocenters. The molecule has 1 aliphatic rings. The molecule has 0 saturated heterocycles. The first-order chi connectivity index (χ1) is 5.22. The lowest BCUT2D eigenvalue weighted by atomic mass is 9.86. The van der Waals surface area contributed by atoms with Crippen molar-refractivity contribution in [2.75, 3.05) is 0 Å². The number of rotatable bonds is 0. The summed E-state index contributed by atoms with van der Waals surface area (Å²) in [5.74, 6) is 0.653. The number of ketones is 1. The van der Waals surface area contributed by atoms with Crippen LogP contribution < -0.4 is 5.73 Å². The number of carbonyl (C=O) groups is 1. The average Bonchev–Trinajstić information content (AvgIpc) is 2.04. The molecule has 0 spiro atoms. The van der Waals surface area contributed by atoms with E-state index in [9.17, 15) is 4.79 Å². The molecule has 2 atom stereocenters. The van der Waals surface area contributed by atoms with Gasteiger partial charge in [0.15, 0.2) is 0 Å². The molecule has 0 bridgehead atoms. The fourth-order valence-electron chi connectivity index (χ4n) is 1.26. The Balaban J connectivity index is 0.000000461. The Bertz CT molecular complexity index is 123. The van der Waals surface area contributed by atoms with Crippen LogP contribution in [0.25, 0.3) is 0 Å². The Kier molecular flexibility index (Phi) is 5.12. The van der Waals surface area contributed by atoms with Gasteiger partial charge in [-0.3, -0.25) is 4.79 Å². The summed E-state index contributed by atoms with van der Waals surface area (Å²) in [6.45, 7) is 6.04. The summed E-state index contributed by atoms with van der Waals surface area (Å²) in [7, 11) is 0. The molecule has 66 valence electrons. The van der Waals surface area contributed by atoms with Crippen LogP contribution in [0.1, 0.15) is 40.0 Å². The summed E-state index contributed by atoms with van der Waals surface area (Å²) in [5.41, 5.74) is 5.57. The van der Waals surface area contributed by atoms with Gasteiger partial charge in [0, 0.05) is 6.42 Å². The van der Waals surface area contributed by atoms with Gasteiger partial charge < -0.3 is 5.73 Å². The number of Topliss-reactive ketones (excluding diaryl/α,β-unsaturated/α-hetero) is 1. The third-order valence-electron chi connectivity index (χ3n) is 2.07. The molecule has 0 amide bonds. The molecule has 2 N–H and O–H groups in total. The molecule has 2 nitrogen and oxygen atoms in total. The highest BCUT2D eigenvalue weighted by atomic mass is 16.1. The molecule has 1 fully saturated rings. The fourth-order valence-corrected chi connectivity index (χ4v) is 1.26. The number of carbonyl (C=O) groups excluding carboxylic acids is 1. The molecule has 0 aromatic carbocycles. The van der Waals surface area contributed by atoms with Crippen molar-refractivity contribution in [3.8, 4) is 0 Å². The van der Waals surface area contributed by atoms with Gasteiger partial charge in [-0.15, -0.1) is 0 Å². The van der Waals surface area contributed by atoms with E-state index in [1.165, 1.54) is 0 Å². The highest BCUT2D eigenvalue weighted by Crippen LogP contribution is 2.18. The van der Waals surface area contributed by atoms with Gasteiger partial charge in [0.2, 0.25) is 0 Å². The maximum Gasteiger partial charge on any atom is 0.149 e. The van der Waals surface area contributed by atoms with E-state index in [1.807, 2.05) is 20.8 Å². The van der Waals surface area contributed by atoms with Gasteiger partial charge >= 0.3 is 0 Å². The van der Waals surface area contributed by atoms with Crippen LogP contribution in [-0.2, 0) is 4.79 Å². The van der Waals surface area contributed by atoms with Crippen molar-refractivity contribution in [2.45, 2.75) is 46.1 Å². The smallest absolute Gasteiger partial charge is 0.149 e. The molecule has 0 heterocycles. The van der Waals surface area contributed by atoms with Crippen LogP contribution in [0, 0.1) is 5.92 Å².